The molecule has 1 heterocycles. The van der Waals surface area contributed by atoms with Gasteiger partial charge in [-0.15, -0.1) is 0 Å². The molecule has 0 unspecified atom stereocenters. The number of likely N-dealkylation sites (tertiary alicyclic amines) is 1. The van der Waals surface area contributed by atoms with E-state index < -0.39 is 0 Å². The van der Waals surface area contributed by atoms with Crippen molar-refractivity contribution >= 4 is 35.2 Å². The van der Waals surface area contributed by atoms with Crippen molar-refractivity contribution in [2.45, 2.75) is 25.1 Å². The number of hydrogen-bond acceptors (Lipinski definition) is 3. The highest BCUT2D eigenvalue weighted by molar-refractivity contribution is 7.98. The fourth-order valence-corrected chi connectivity index (χ4v) is 4.23. The molecule has 0 aromatic heterocycles. The fourth-order valence-electron chi connectivity index (χ4n) is 3.04. The molecule has 1 saturated heterocycles. The van der Waals surface area contributed by atoms with Gasteiger partial charge >= 0.3 is 0 Å². The van der Waals surface area contributed by atoms with Gasteiger partial charge in [0.15, 0.2) is 0 Å². The van der Waals surface area contributed by atoms with E-state index in [4.69, 9.17) is 11.6 Å². The molecule has 1 N–H and O–H groups in total. The van der Waals surface area contributed by atoms with E-state index >= 15 is 0 Å². The van der Waals surface area contributed by atoms with Gasteiger partial charge in [-0.05, 0) is 36.2 Å². The van der Waals surface area contributed by atoms with Gasteiger partial charge in [-0.1, -0.05) is 29.8 Å². The number of carbonyl (C=O) groups excluding carboxylic acids is 2. The Morgan fingerprint density at radius 1 is 1.21 bits per heavy atom. The van der Waals surface area contributed by atoms with Crippen molar-refractivity contribution < 1.29 is 14.0 Å². The molecule has 28 heavy (non-hydrogen) atoms. The topological polar surface area (TPSA) is 49.4 Å². The van der Waals surface area contributed by atoms with Crippen LogP contribution in [0.5, 0.6) is 0 Å². The van der Waals surface area contributed by atoms with Crippen LogP contribution < -0.4 is 5.32 Å². The molecule has 7 heteroatoms. The average molecular weight is 421 g/mol. The highest BCUT2D eigenvalue weighted by Crippen LogP contribution is 2.23. The number of carbonyl (C=O) groups is 2. The quantitative estimate of drug-likeness (QED) is 0.649. The minimum absolute atomic E-state index is 0.145. The van der Waals surface area contributed by atoms with Crippen LogP contribution in [0.3, 0.4) is 0 Å². The zero-order valence-corrected chi connectivity index (χ0v) is 17.0. The van der Waals surface area contributed by atoms with Gasteiger partial charge in [0.1, 0.15) is 5.82 Å². The predicted octanol–water partition coefficient (Wildman–Crippen LogP) is 4.26. The van der Waals surface area contributed by atoms with Crippen molar-refractivity contribution in [3.63, 3.8) is 0 Å². The lowest BCUT2D eigenvalue weighted by Gasteiger charge is -2.15. The Balaban J connectivity index is 1.40. The smallest absolute Gasteiger partial charge is 0.251 e. The molecule has 2 aromatic carbocycles. The van der Waals surface area contributed by atoms with Crippen LogP contribution in [0.1, 0.15) is 34.3 Å². The summed E-state index contributed by atoms with van der Waals surface area (Å²) >= 11 is 7.52. The van der Waals surface area contributed by atoms with Crippen LogP contribution in [0.4, 0.5) is 4.39 Å². The zero-order chi connectivity index (χ0) is 19.9. The summed E-state index contributed by atoms with van der Waals surface area (Å²) in [4.78, 5) is 25.8. The molecule has 0 spiro atoms. The van der Waals surface area contributed by atoms with Crippen molar-refractivity contribution in [3.05, 3.63) is 70.0 Å². The number of thioether (sulfide) groups is 1. The second-order valence-corrected chi connectivity index (χ2v) is 8.14. The summed E-state index contributed by atoms with van der Waals surface area (Å²) < 4.78 is 13.7. The van der Waals surface area contributed by atoms with Crippen molar-refractivity contribution in [1.29, 1.82) is 0 Å². The third-order valence-corrected chi connectivity index (χ3v) is 5.94. The minimum Gasteiger partial charge on any atom is -0.351 e. The van der Waals surface area contributed by atoms with E-state index in [0.29, 0.717) is 47.2 Å². The third-order valence-electron chi connectivity index (χ3n) is 4.60. The van der Waals surface area contributed by atoms with Crippen molar-refractivity contribution in [2.24, 2.45) is 0 Å². The maximum absolute atomic E-state index is 13.7. The number of benzene rings is 2. The van der Waals surface area contributed by atoms with E-state index in [1.165, 1.54) is 17.8 Å². The van der Waals surface area contributed by atoms with Crippen LogP contribution in [0.2, 0.25) is 5.02 Å². The Morgan fingerprint density at radius 3 is 2.68 bits per heavy atom. The number of halogens is 2. The Bertz CT molecular complexity index is 825. The van der Waals surface area contributed by atoms with Gasteiger partial charge in [0.2, 0.25) is 5.91 Å². The lowest BCUT2D eigenvalue weighted by atomic mass is 10.1. The first kappa shape index (κ1) is 20.7. The summed E-state index contributed by atoms with van der Waals surface area (Å²) in [5, 5.41) is 3.29. The summed E-state index contributed by atoms with van der Waals surface area (Å²) in [7, 11) is 0. The number of nitrogens with zero attached hydrogens (tertiary/aromatic N) is 1. The van der Waals surface area contributed by atoms with Crippen LogP contribution in [-0.4, -0.2) is 35.6 Å². The molecule has 0 aliphatic carbocycles. The highest BCUT2D eigenvalue weighted by Gasteiger charge is 2.20. The second-order valence-electron chi connectivity index (χ2n) is 6.62. The van der Waals surface area contributed by atoms with Gasteiger partial charge in [-0.2, -0.15) is 11.8 Å². The van der Waals surface area contributed by atoms with E-state index in [1.54, 1.807) is 24.3 Å². The molecule has 4 nitrogen and oxygen atoms in total. The van der Waals surface area contributed by atoms with E-state index in [9.17, 15) is 14.0 Å². The summed E-state index contributed by atoms with van der Waals surface area (Å²) in [6.07, 6.45) is 1.54. The Morgan fingerprint density at radius 2 is 2.00 bits per heavy atom. The molecule has 1 fully saturated rings. The minimum atomic E-state index is -0.306. The van der Waals surface area contributed by atoms with Crippen LogP contribution >= 0.6 is 23.4 Å². The maximum atomic E-state index is 13.7. The molecule has 148 valence electrons. The van der Waals surface area contributed by atoms with Gasteiger partial charge in [0, 0.05) is 53.7 Å². The van der Waals surface area contributed by atoms with E-state index in [1.807, 2.05) is 17.0 Å². The molecule has 1 aliphatic heterocycles. The molecule has 0 bridgehead atoms. The number of nitrogens with one attached hydrogen (secondary N) is 1. The van der Waals surface area contributed by atoms with Crippen molar-refractivity contribution in [2.75, 3.05) is 18.8 Å². The second kappa shape index (κ2) is 9.94. The first-order valence-electron chi connectivity index (χ1n) is 9.20. The fraction of sp³-hybridized carbons (Fsp3) is 0.333. The maximum Gasteiger partial charge on any atom is 0.251 e. The molecular weight excluding hydrogens is 399 g/mol. The summed E-state index contributed by atoms with van der Waals surface area (Å²) in [5.41, 5.74) is 2.09. The first-order valence-corrected chi connectivity index (χ1v) is 10.7. The van der Waals surface area contributed by atoms with Gasteiger partial charge in [-0.3, -0.25) is 9.59 Å². The Labute approximate surface area is 173 Å². The summed E-state index contributed by atoms with van der Waals surface area (Å²) in [5.74, 6) is 0.862. The Hall–Kier alpha value is -2.05. The monoisotopic (exact) mass is 420 g/mol. The molecule has 0 radical (unpaired) electrons. The van der Waals surface area contributed by atoms with Crippen molar-refractivity contribution in [1.82, 2.24) is 10.2 Å². The molecular formula is C21H22ClFN2O2S. The lowest BCUT2D eigenvalue weighted by Crippen LogP contribution is -2.26. The molecule has 1 aliphatic rings. The van der Waals surface area contributed by atoms with Gasteiger partial charge in [-0.25, -0.2) is 4.39 Å². The third kappa shape index (κ3) is 5.49. The van der Waals surface area contributed by atoms with E-state index in [2.05, 4.69) is 5.32 Å². The number of amides is 2. The number of hydrogen-bond donors (Lipinski definition) is 1. The standard InChI is InChI=1S/C21H22ClFN2O2S/c22-18-3-1-4-19(23)17(18)14-28-12-10-24-21(27)16-8-6-15(7-9-16)13-25-11-2-5-20(25)26/h1,3-4,6-9H,2,5,10-14H2,(H,24,27). The molecule has 0 saturated carbocycles. The molecule has 3 rings (SSSR count). The van der Waals surface area contributed by atoms with Gasteiger partial charge < -0.3 is 10.2 Å². The van der Waals surface area contributed by atoms with E-state index in [-0.39, 0.29) is 17.6 Å². The zero-order valence-electron chi connectivity index (χ0n) is 15.4. The molecule has 2 aromatic rings. The summed E-state index contributed by atoms with van der Waals surface area (Å²) in [6.45, 7) is 1.88. The highest BCUT2D eigenvalue weighted by atomic mass is 35.5. The summed E-state index contributed by atoms with van der Waals surface area (Å²) in [6, 6.07) is 12.0. The lowest BCUT2D eigenvalue weighted by molar-refractivity contribution is -0.128. The average Bonchev–Trinajstić information content (AvgIpc) is 3.08. The van der Waals surface area contributed by atoms with Gasteiger partial charge in [0.25, 0.3) is 5.91 Å². The predicted molar refractivity (Wildman–Crippen MR) is 111 cm³/mol. The first-order chi connectivity index (χ1) is 13.5. The molecule has 0 atom stereocenters. The SMILES string of the molecule is O=C(NCCSCc1c(F)cccc1Cl)c1ccc(CN2CCCC2=O)cc1. The van der Waals surface area contributed by atoms with Crippen LogP contribution in [0.25, 0.3) is 0 Å². The van der Waals surface area contributed by atoms with Crippen LogP contribution in [0.15, 0.2) is 42.5 Å². The molecule has 2 amide bonds. The van der Waals surface area contributed by atoms with Crippen LogP contribution in [-0.2, 0) is 17.1 Å². The number of rotatable bonds is 8. The van der Waals surface area contributed by atoms with E-state index in [0.717, 1.165) is 18.5 Å². The van der Waals surface area contributed by atoms with Crippen LogP contribution in [0, 0.1) is 5.82 Å². The Kier molecular flexibility index (Phi) is 7.34. The normalized spacial score (nSPS) is 13.8. The van der Waals surface area contributed by atoms with Gasteiger partial charge in [0.05, 0.1) is 0 Å². The largest absolute Gasteiger partial charge is 0.351 e. The van der Waals surface area contributed by atoms with Crippen molar-refractivity contribution in [3.8, 4) is 0 Å².